The van der Waals surface area contributed by atoms with Crippen molar-refractivity contribution in [3.8, 4) is 0 Å². The van der Waals surface area contributed by atoms with Gasteiger partial charge in [-0.05, 0) is 37.2 Å². The molecule has 1 aliphatic heterocycles. The predicted molar refractivity (Wildman–Crippen MR) is 103 cm³/mol. The van der Waals surface area contributed by atoms with E-state index in [4.69, 9.17) is 16.0 Å². The summed E-state index contributed by atoms with van der Waals surface area (Å²) in [6.45, 7) is 6.43. The minimum atomic E-state index is -1.31. The van der Waals surface area contributed by atoms with E-state index in [2.05, 4.69) is 11.8 Å². The molecule has 1 amide bonds. The van der Waals surface area contributed by atoms with Crippen LogP contribution in [0.4, 0.5) is 0 Å². The van der Waals surface area contributed by atoms with E-state index in [9.17, 15) is 9.00 Å². The van der Waals surface area contributed by atoms with Crippen LogP contribution in [-0.2, 0) is 16.6 Å². The molecule has 0 aliphatic carbocycles. The molecule has 1 fully saturated rings. The number of halogens is 1. The van der Waals surface area contributed by atoms with Gasteiger partial charge in [-0.2, -0.15) is 0 Å². The van der Waals surface area contributed by atoms with Crippen LogP contribution in [0, 0.1) is 0 Å². The largest absolute Gasteiger partial charge is 0.455 e. The van der Waals surface area contributed by atoms with E-state index in [0.29, 0.717) is 34.5 Å². The number of furan rings is 1. The van der Waals surface area contributed by atoms with Gasteiger partial charge in [0.2, 0.25) is 0 Å². The quantitative estimate of drug-likeness (QED) is 0.753. The molecule has 1 aromatic heterocycles. The Morgan fingerprint density at radius 1 is 1.15 bits per heavy atom. The minimum absolute atomic E-state index is 0.101. The van der Waals surface area contributed by atoms with E-state index in [1.165, 1.54) is 0 Å². The van der Waals surface area contributed by atoms with Crippen LogP contribution in [0.5, 0.6) is 0 Å². The number of amides is 1. The molecule has 1 atom stereocenters. The zero-order valence-electron chi connectivity index (χ0n) is 14.8. The van der Waals surface area contributed by atoms with Gasteiger partial charge in [0.05, 0.1) is 26.5 Å². The zero-order valence-corrected chi connectivity index (χ0v) is 16.4. The average molecular weight is 395 g/mol. The summed E-state index contributed by atoms with van der Waals surface area (Å²) >= 11 is 6.09. The molecule has 2 aromatic rings. The third-order valence-corrected chi connectivity index (χ3v) is 6.26. The molecule has 140 valence electrons. The van der Waals surface area contributed by atoms with Crippen molar-refractivity contribution in [1.82, 2.24) is 9.80 Å². The number of benzene rings is 1. The van der Waals surface area contributed by atoms with Crippen molar-refractivity contribution >= 4 is 28.3 Å². The standard InChI is InChI=1S/C19H23ClN2O3S/c1-2-9-21-10-12-22(13-11-21)19(23)17-8-7-15(25-17)14-26(24)18-6-4-3-5-16(18)20/h3-8H,2,9-14H2,1H3. The van der Waals surface area contributed by atoms with Crippen LogP contribution >= 0.6 is 11.6 Å². The lowest BCUT2D eigenvalue weighted by Gasteiger charge is -2.34. The molecule has 1 aromatic carbocycles. The topological polar surface area (TPSA) is 53.8 Å². The van der Waals surface area contributed by atoms with Gasteiger partial charge < -0.3 is 9.32 Å². The number of carbonyl (C=O) groups is 1. The normalized spacial score (nSPS) is 16.6. The van der Waals surface area contributed by atoms with Gasteiger partial charge in [0.15, 0.2) is 5.76 Å². The maximum absolute atomic E-state index is 12.6. The summed E-state index contributed by atoms with van der Waals surface area (Å²) in [4.78, 5) is 17.4. The highest BCUT2D eigenvalue weighted by molar-refractivity contribution is 7.84. The Labute approximate surface area is 161 Å². The minimum Gasteiger partial charge on any atom is -0.455 e. The summed E-state index contributed by atoms with van der Waals surface area (Å²) < 4.78 is 18.1. The fourth-order valence-corrected chi connectivity index (χ4v) is 4.53. The van der Waals surface area contributed by atoms with Crippen molar-refractivity contribution in [2.24, 2.45) is 0 Å². The predicted octanol–water partition coefficient (Wildman–Crippen LogP) is 3.41. The second kappa shape index (κ2) is 8.84. The Morgan fingerprint density at radius 2 is 1.88 bits per heavy atom. The first-order valence-electron chi connectivity index (χ1n) is 8.81. The Kier molecular flexibility index (Phi) is 6.51. The van der Waals surface area contributed by atoms with Crippen LogP contribution in [0.25, 0.3) is 0 Å². The first-order chi connectivity index (χ1) is 12.6. The van der Waals surface area contributed by atoms with Gasteiger partial charge in [-0.15, -0.1) is 0 Å². The Morgan fingerprint density at radius 3 is 2.58 bits per heavy atom. The molecule has 0 N–H and O–H groups in total. The molecule has 7 heteroatoms. The van der Waals surface area contributed by atoms with Gasteiger partial charge in [0.1, 0.15) is 5.76 Å². The SMILES string of the molecule is CCCN1CCN(C(=O)c2ccc(CS(=O)c3ccccc3Cl)o2)CC1. The van der Waals surface area contributed by atoms with E-state index in [-0.39, 0.29) is 11.7 Å². The van der Waals surface area contributed by atoms with Crippen molar-refractivity contribution in [2.75, 3.05) is 32.7 Å². The summed E-state index contributed by atoms with van der Waals surface area (Å²) in [5.41, 5.74) is 0. The van der Waals surface area contributed by atoms with Gasteiger partial charge in [-0.3, -0.25) is 13.9 Å². The summed E-state index contributed by atoms with van der Waals surface area (Å²) in [6, 6.07) is 10.4. The molecule has 0 radical (unpaired) electrons. The highest BCUT2D eigenvalue weighted by Gasteiger charge is 2.24. The molecule has 3 rings (SSSR count). The van der Waals surface area contributed by atoms with Crippen molar-refractivity contribution in [1.29, 1.82) is 0 Å². The summed E-state index contributed by atoms with van der Waals surface area (Å²) in [5, 5.41) is 0.471. The van der Waals surface area contributed by atoms with E-state index in [1.54, 1.807) is 36.4 Å². The van der Waals surface area contributed by atoms with E-state index in [1.807, 2.05) is 4.90 Å². The third kappa shape index (κ3) is 4.55. The smallest absolute Gasteiger partial charge is 0.289 e. The Hall–Kier alpha value is -1.63. The first-order valence-corrected chi connectivity index (χ1v) is 10.5. The average Bonchev–Trinajstić information content (AvgIpc) is 3.11. The monoisotopic (exact) mass is 394 g/mol. The van der Waals surface area contributed by atoms with Crippen LogP contribution in [-0.4, -0.2) is 52.6 Å². The lowest BCUT2D eigenvalue weighted by Crippen LogP contribution is -2.48. The Bertz CT molecular complexity index is 785. The molecular formula is C19H23ClN2O3S. The molecule has 0 bridgehead atoms. The lowest BCUT2D eigenvalue weighted by molar-refractivity contribution is 0.0605. The summed E-state index contributed by atoms with van der Waals surface area (Å²) in [7, 11) is -1.31. The molecule has 1 aliphatic rings. The van der Waals surface area contributed by atoms with Crippen molar-refractivity contribution in [3.05, 3.63) is 52.9 Å². The van der Waals surface area contributed by atoms with Gasteiger partial charge >= 0.3 is 0 Å². The molecule has 2 heterocycles. The van der Waals surface area contributed by atoms with Gasteiger partial charge in [-0.25, -0.2) is 0 Å². The van der Waals surface area contributed by atoms with Crippen molar-refractivity contribution < 1.29 is 13.4 Å². The van der Waals surface area contributed by atoms with Crippen LogP contribution in [0.2, 0.25) is 5.02 Å². The molecule has 26 heavy (non-hydrogen) atoms. The zero-order chi connectivity index (χ0) is 18.5. The molecule has 5 nitrogen and oxygen atoms in total. The van der Waals surface area contributed by atoms with Crippen LogP contribution in [0.15, 0.2) is 45.7 Å². The maximum Gasteiger partial charge on any atom is 0.289 e. The van der Waals surface area contributed by atoms with E-state index >= 15 is 0 Å². The van der Waals surface area contributed by atoms with Crippen LogP contribution < -0.4 is 0 Å². The molecule has 0 spiro atoms. The second-order valence-corrected chi connectivity index (χ2v) is 8.15. The highest BCUT2D eigenvalue weighted by atomic mass is 35.5. The van der Waals surface area contributed by atoms with E-state index in [0.717, 1.165) is 26.1 Å². The van der Waals surface area contributed by atoms with Gasteiger partial charge in [0, 0.05) is 26.2 Å². The van der Waals surface area contributed by atoms with Gasteiger partial charge in [0.25, 0.3) is 5.91 Å². The fourth-order valence-electron chi connectivity index (χ4n) is 3.05. The third-order valence-electron chi connectivity index (χ3n) is 4.43. The number of piperazine rings is 1. The maximum atomic E-state index is 12.6. The summed E-state index contributed by atoms with van der Waals surface area (Å²) in [6.07, 6.45) is 1.12. The fraction of sp³-hybridized carbons (Fsp3) is 0.421. The van der Waals surface area contributed by atoms with Gasteiger partial charge in [-0.1, -0.05) is 30.7 Å². The number of nitrogens with zero attached hydrogens (tertiary/aromatic N) is 2. The van der Waals surface area contributed by atoms with Crippen molar-refractivity contribution in [2.45, 2.75) is 24.0 Å². The Balaban J connectivity index is 1.60. The van der Waals surface area contributed by atoms with E-state index < -0.39 is 10.8 Å². The van der Waals surface area contributed by atoms with Crippen LogP contribution in [0.1, 0.15) is 29.7 Å². The van der Waals surface area contributed by atoms with Crippen LogP contribution in [0.3, 0.4) is 0 Å². The second-order valence-electron chi connectivity index (χ2n) is 6.32. The first kappa shape index (κ1) is 19.1. The molecular weight excluding hydrogens is 372 g/mol. The lowest BCUT2D eigenvalue weighted by atomic mass is 10.2. The number of hydrogen-bond donors (Lipinski definition) is 0. The van der Waals surface area contributed by atoms with Crippen molar-refractivity contribution in [3.63, 3.8) is 0 Å². The molecule has 1 saturated heterocycles. The number of hydrogen-bond acceptors (Lipinski definition) is 4. The summed E-state index contributed by atoms with van der Waals surface area (Å²) in [5.74, 6) is 0.925. The highest BCUT2D eigenvalue weighted by Crippen LogP contribution is 2.22. The number of rotatable bonds is 6. The number of carbonyl (C=O) groups excluding carboxylic acids is 1. The molecule has 0 saturated carbocycles. The molecule has 1 unspecified atom stereocenters.